The minimum atomic E-state index is -0.0475. The molecular formula is C21H26N2O3. The van der Waals surface area contributed by atoms with Crippen LogP contribution in [0.1, 0.15) is 36.9 Å². The lowest BCUT2D eigenvalue weighted by Gasteiger charge is -2.26. The lowest BCUT2D eigenvalue weighted by molar-refractivity contribution is -0.120. The van der Waals surface area contributed by atoms with Crippen LogP contribution in [0.2, 0.25) is 0 Å². The molecule has 1 unspecified atom stereocenters. The number of aryl methyl sites for hydroxylation is 1. The fourth-order valence-electron chi connectivity index (χ4n) is 3.02. The summed E-state index contributed by atoms with van der Waals surface area (Å²) in [5, 5.41) is 6.29. The summed E-state index contributed by atoms with van der Waals surface area (Å²) in [5.74, 6) is 1.59. The third kappa shape index (κ3) is 4.48. The summed E-state index contributed by atoms with van der Waals surface area (Å²) in [6, 6.07) is 13.8. The van der Waals surface area contributed by atoms with E-state index in [1.54, 1.807) is 0 Å². The molecule has 5 heteroatoms. The van der Waals surface area contributed by atoms with Gasteiger partial charge in [-0.2, -0.15) is 0 Å². The maximum atomic E-state index is 12.4. The Balaban J connectivity index is 1.60. The Morgan fingerprint density at radius 1 is 1.27 bits per heavy atom. The molecule has 0 aliphatic carbocycles. The summed E-state index contributed by atoms with van der Waals surface area (Å²) in [5.41, 5.74) is 3.01. The van der Waals surface area contributed by atoms with Gasteiger partial charge in [0.1, 0.15) is 11.5 Å². The zero-order valence-electron chi connectivity index (χ0n) is 15.4. The van der Waals surface area contributed by atoms with Gasteiger partial charge in [-0.1, -0.05) is 31.2 Å². The van der Waals surface area contributed by atoms with Crippen molar-refractivity contribution in [2.45, 2.75) is 32.7 Å². The number of para-hydroxylation sites is 1. The molecule has 0 radical (unpaired) electrons. The highest BCUT2D eigenvalue weighted by molar-refractivity contribution is 5.82. The Hall–Kier alpha value is -2.69. The van der Waals surface area contributed by atoms with Gasteiger partial charge in [-0.25, -0.2) is 0 Å². The van der Waals surface area contributed by atoms with Gasteiger partial charge in [0.05, 0.1) is 31.5 Å². The summed E-state index contributed by atoms with van der Waals surface area (Å²) in [7, 11) is 0. The molecule has 1 heterocycles. The Morgan fingerprint density at radius 2 is 2.12 bits per heavy atom. The number of ether oxygens (including phenoxy) is 2. The van der Waals surface area contributed by atoms with E-state index in [0.29, 0.717) is 13.2 Å². The molecule has 0 fully saturated rings. The first-order valence-corrected chi connectivity index (χ1v) is 9.15. The van der Waals surface area contributed by atoms with E-state index in [4.69, 9.17) is 9.47 Å². The van der Waals surface area contributed by atoms with Crippen molar-refractivity contribution in [2.75, 3.05) is 25.1 Å². The summed E-state index contributed by atoms with van der Waals surface area (Å²) >= 11 is 0. The Labute approximate surface area is 154 Å². The quantitative estimate of drug-likeness (QED) is 0.793. The SMILES string of the molecule is CCCOc1cc(C)ccc1NCC(=O)NC1CCOc2ccccc21. The van der Waals surface area contributed by atoms with Crippen molar-refractivity contribution in [2.24, 2.45) is 0 Å². The molecule has 0 bridgehead atoms. The average Bonchev–Trinajstić information content (AvgIpc) is 2.66. The fourth-order valence-corrected chi connectivity index (χ4v) is 3.02. The van der Waals surface area contributed by atoms with E-state index in [0.717, 1.165) is 41.2 Å². The lowest BCUT2D eigenvalue weighted by atomic mass is 10.0. The van der Waals surface area contributed by atoms with Crippen LogP contribution >= 0.6 is 0 Å². The number of hydrogen-bond acceptors (Lipinski definition) is 4. The number of benzene rings is 2. The van der Waals surface area contributed by atoms with E-state index in [1.807, 2.05) is 49.4 Å². The zero-order chi connectivity index (χ0) is 18.4. The molecule has 1 atom stereocenters. The Kier molecular flexibility index (Phi) is 6.00. The minimum Gasteiger partial charge on any atom is -0.493 e. The second kappa shape index (κ2) is 8.61. The van der Waals surface area contributed by atoms with Crippen molar-refractivity contribution in [3.63, 3.8) is 0 Å². The van der Waals surface area contributed by atoms with Crippen molar-refractivity contribution >= 4 is 11.6 Å². The first-order valence-electron chi connectivity index (χ1n) is 9.15. The molecule has 2 aromatic carbocycles. The fraction of sp³-hybridized carbons (Fsp3) is 0.381. The predicted molar refractivity (Wildman–Crippen MR) is 103 cm³/mol. The van der Waals surface area contributed by atoms with Gasteiger partial charge in [-0.15, -0.1) is 0 Å². The third-order valence-electron chi connectivity index (χ3n) is 4.33. The van der Waals surface area contributed by atoms with E-state index < -0.39 is 0 Å². The van der Waals surface area contributed by atoms with Crippen molar-refractivity contribution in [3.05, 3.63) is 53.6 Å². The summed E-state index contributed by atoms with van der Waals surface area (Å²) in [6.07, 6.45) is 1.72. The molecule has 0 spiro atoms. The van der Waals surface area contributed by atoms with E-state index in [2.05, 4.69) is 17.6 Å². The van der Waals surface area contributed by atoms with Crippen LogP contribution in [0.25, 0.3) is 0 Å². The highest BCUT2D eigenvalue weighted by Gasteiger charge is 2.22. The molecular weight excluding hydrogens is 328 g/mol. The summed E-state index contributed by atoms with van der Waals surface area (Å²) in [6.45, 7) is 5.57. The number of carbonyl (C=O) groups excluding carboxylic acids is 1. The Morgan fingerprint density at radius 3 is 2.96 bits per heavy atom. The average molecular weight is 354 g/mol. The van der Waals surface area contributed by atoms with Gasteiger partial charge in [0.15, 0.2) is 0 Å². The highest BCUT2D eigenvalue weighted by Crippen LogP contribution is 2.31. The van der Waals surface area contributed by atoms with Gasteiger partial charge in [0.25, 0.3) is 0 Å². The van der Waals surface area contributed by atoms with Crippen LogP contribution in [0, 0.1) is 6.92 Å². The normalized spacial score (nSPS) is 15.5. The van der Waals surface area contributed by atoms with Gasteiger partial charge in [0.2, 0.25) is 5.91 Å². The molecule has 3 rings (SSSR count). The van der Waals surface area contributed by atoms with Crippen molar-refractivity contribution in [1.29, 1.82) is 0 Å². The number of rotatable bonds is 7. The molecule has 5 nitrogen and oxygen atoms in total. The lowest BCUT2D eigenvalue weighted by Crippen LogP contribution is -2.35. The largest absolute Gasteiger partial charge is 0.493 e. The number of fused-ring (bicyclic) bond motifs is 1. The van der Waals surface area contributed by atoms with E-state index in [1.165, 1.54) is 0 Å². The molecule has 26 heavy (non-hydrogen) atoms. The van der Waals surface area contributed by atoms with E-state index in [9.17, 15) is 4.79 Å². The minimum absolute atomic E-state index is 0.0110. The van der Waals surface area contributed by atoms with Gasteiger partial charge in [0, 0.05) is 12.0 Å². The Bertz CT molecular complexity index is 761. The van der Waals surface area contributed by atoms with Crippen LogP contribution in [0.15, 0.2) is 42.5 Å². The van der Waals surface area contributed by atoms with Gasteiger partial charge >= 0.3 is 0 Å². The van der Waals surface area contributed by atoms with E-state index in [-0.39, 0.29) is 18.5 Å². The van der Waals surface area contributed by atoms with Crippen LogP contribution in [0.5, 0.6) is 11.5 Å². The maximum absolute atomic E-state index is 12.4. The van der Waals surface area contributed by atoms with Crippen LogP contribution < -0.4 is 20.1 Å². The molecule has 0 aromatic heterocycles. The van der Waals surface area contributed by atoms with Crippen LogP contribution in [0.4, 0.5) is 5.69 Å². The van der Waals surface area contributed by atoms with Gasteiger partial charge in [-0.3, -0.25) is 4.79 Å². The van der Waals surface area contributed by atoms with Crippen LogP contribution in [-0.2, 0) is 4.79 Å². The number of nitrogens with one attached hydrogen (secondary N) is 2. The van der Waals surface area contributed by atoms with Crippen LogP contribution in [-0.4, -0.2) is 25.7 Å². The van der Waals surface area contributed by atoms with Crippen LogP contribution in [0.3, 0.4) is 0 Å². The van der Waals surface area contributed by atoms with Crippen molar-refractivity contribution in [1.82, 2.24) is 5.32 Å². The first-order chi connectivity index (χ1) is 12.7. The third-order valence-corrected chi connectivity index (χ3v) is 4.33. The number of hydrogen-bond donors (Lipinski definition) is 2. The van der Waals surface area contributed by atoms with Crippen molar-refractivity contribution < 1.29 is 14.3 Å². The maximum Gasteiger partial charge on any atom is 0.239 e. The zero-order valence-corrected chi connectivity index (χ0v) is 15.4. The molecule has 2 aromatic rings. The smallest absolute Gasteiger partial charge is 0.239 e. The molecule has 1 aliphatic heterocycles. The molecule has 0 saturated carbocycles. The van der Waals surface area contributed by atoms with Crippen molar-refractivity contribution in [3.8, 4) is 11.5 Å². The molecule has 0 saturated heterocycles. The van der Waals surface area contributed by atoms with E-state index >= 15 is 0 Å². The second-order valence-electron chi connectivity index (χ2n) is 6.50. The second-order valence-corrected chi connectivity index (χ2v) is 6.50. The van der Waals surface area contributed by atoms with Gasteiger partial charge in [-0.05, 0) is 37.1 Å². The number of carbonyl (C=O) groups is 1. The molecule has 138 valence electrons. The molecule has 1 aliphatic rings. The predicted octanol–water partition coefficient (Wildman–Crippen LogP) is 3.84. The highest BCUT2D eigenvalue weighted by atomic mass is 16.5. The summed E-state index contributed by atoms with van der Waals surface area (Å²) < 4.78 is 11.4. The number of anilines is 1. The standard InChI is InChI=1S/C21H26N2O3/c1-3-11-25-20-13-15(2)8-9-18(20)22-14-21(24)23-17-10-12-26-19-7-5-4-6-16(17)19/h4-9,13,17,22H,3,10-12,14H2,1-2H3,(H,23,24). The number of amides is 1. The monoisotopic (exact) mass is 354 g/mol. The molecule has 1 amide bonds. The first kappa shape index (κ1) is 18.1. The molecule has 2 N–H and O–H groups in total. The summed E-state index contributed by atoms with van der Waals surface area (Å²) in [4.78, 5) is 12.4. The van der Waals surface area contributed by atoms with Gasteiger partial charge < -0.3 is 20.1 Å². The topological polar surface area (TPSA) is 59.6 Å².